The molecule has 0 saturated carbocycles. The molecule has 0 saturated heterocycles. The first-order chi connectivity index (χ1) is 13.9. The average molecular weight is 439 g/mol. The average Bonchev–Trinajstić information content (AvgIpc) is 3.06. The summed E-state index contributed by atoms with van der Waals surface area (Å²) in [6.45, 7) is 2.14. The third-order valence-electron chi connectivity index (χ3n) is 4.02. The van der Waals surface area contributed by atoms with Gasteiger partial charge in [0.2, 0.25) is 10.6 Å². The summed E-state index contributed by atoms with van der Waals surface area (Å²) in [5.41, 5.74) is 2.32. The zero-order valence-corrected chi connectivity index (χ0v) is 17.1. The second kappa shape index (κ2) is 9.15. The molecular formula is C19H17ClF2N4O2S. The molecule has 0 atom stereocenters. The van der Waals surface area contributed by atoms with Gasteiger partial charge in [-0.2, -0.15) is 14.9 Å². The number of aromatic nitrogens is 3. The maximum absolute atomic E-state index is 13.0. The number of H-pyrrole nitrogens is 1. The van der Waals surface area contributed by atoms with Crippen molar-refractivity contribution in [2.75, 3.05) is 7.11 Å². The highest BCUT2D eigenvalue weighted by molar-refractivity contribution is 7.71. The van der Waals surface area contributed by atoms with E-state index in [1.165, 1.54) is 6.21 Å². The van der Waals surface area contributed by atoms with Gasteiger partial charge in [-0.15, -0.1) is 0 Å². The second-order valence-electron chi connectivity index (χ2n) is 6.01. The van der Waals surface area contributed by atoms with Crippen LogP contribution < -0.4 is 9.47 Å². The fourth-order valence-electron chi connectivity index (χ4n) is 2.60. The summed E-state index contributed by atoms with van der Waals surface area (Å²) in [6, 6.07) is 10.6. The van der Waals surface area contributed by atoms with E-state index in [1.54, 1.807) is 37.4 Å². The number of rotatable bonds is 7. The van der Waals surface area contributed by atoms with E-state index >= 15 is 0 Å². The smallest absolute Gasteiger partial charge is 0.299 e. The minimum absolute atomic E-state index is 0.0215. The molecule has 0 aliphatic rings. The molecule has 0 aliphatic carbocycles. The Hall–Kier alpha value is -2.78. The van der Waals surface area contributed by atoms with E-state index in [2.05, 4.69) is 15.3 Å². The summed E-state index contributed by atoms with van der Waals surface area (Å²) < 4.78 is 38.1. The molecule has 0 spiro atoms. The molecule has 29 heavy (non-hydrogen) atoms. The van der Waals surface area contributed by atoms with Gasteiger partial charge in [0.15, 0.2) is 0 Å². The Labute approximate surface area is 175 Å². The van der Waals surface area contributed by atoms with Crippen LogP contribution in [0.1, 0.15) is 28.9 Å². The Balaban J connectivity index is 1.83. The normalized spacial score (nSPS) is 11.4. The summed E-state index contributed by atoms with van der Waals surface area (Å²) in [5, 5.41) is 10.4. The number of methoxy groups -OCH3 is 1. The topological polar surface area (TPSA) is 64.4 Å². The molecule has 0 amide bonds. The van der Waals surface area contributed by atoms with E-state index in [0.717, 1.165) is 15.8 Å². The molecule has 0 radical (unpaired) electrons. The van der Waals surface area contributed by atoms with Crippen LogP contribution in [0.4, 0.5) is 8.78 Å². The third kappa shape index (κ3) is 4.99. The van der Waals surface area contributed by atoms with Crippen molar-refractivity contribution < 1.29 is 18.3 Å². The number of halogens is 3. The maximum Gasteiger partial charge on any atom is 0.299 e. The zero-order valence-electron chi connectivity index (χ0n) is 15.5. The minimum Gasteiger partial charge on any atom is -0.496 e. The van der Waals surface area contributed by atoms with Gasteiger partial charge < -0.3 is 9.47 Å². The van der Waals surface area contributed by atoms with Crippen LogP contribution in [-0.2, 0) is 6.61 Å². The number of ether oxygens (including phenoxy) is 2. The van der Waals surface area contributed by atoms with Gasteiger partial charge in [0.25, 0.3) is 6.43 Å². The molecular weight excluding hydrogens is 422 g/mol. The Morgan fingerprint density at radius 1 is 1.28 bits per heavy atom. The van der Waals surface area contributed by atoms with Gasteiger partial charge in [0.05, 0.1) is 13.3 Å². The quantitative estimate of drug-likeness (QED) is 0.401. The van der Waals surface area contributed by atoms with Crippen molar-refractivity contribution in [1.29, 1.82) is 0 Å². The fraction of sp³-hybridized carbons (Fsp3) is 0.211. The Morgan fingerprint density at radius 3 is 2.72 bits per heavy atom. The highest BCUT2D eigenvalue weighted by atomic mass is 35.5. The highest BCUT2D eigenvalue weighted by Gasteiger charge is 2.16. The van der Waals surface area contributed by atoms with Crippen LogP contribution in [0.25, 0.3) is 0 Å². The molecule has 0 bridgehead atoms. The van der Waals surface area contributed by atoms with Gasteiger partial charge in [0.1, 0.15) is 18.1 Å². The fourth-order valence-corrected chi connectivity index (χ4v) is 3.02. The predicted molar refractivity (Wildman–Crippen MR) is 109 cm³/mol. The summed E-state index contributed by atoms with van der Waals surface area (Å²) >= 11 is 10.9. The van der Waals surface area contributed by atoms with E-state index in [4.69, 9.17) is 33.3 Å². The molecule has 152 valence electrons. The third-order valence-corrected chi connectivity index (χ3v) is 4.52. The molecule has 0 fully saturated rings. The number of aromatic amines is 1. The molecule has 1 aromatic heterocycles. The number of alkyl halides is 2. The molecule has 3 aromatic rings. The monoisotopic (exact) mass is 438 g/mol. The van der Waals surface area contributed by atoms with Gasteiger partial charge >= 0.3 is 0 Å². The van der Waals surface area contributed by atoms with Gasteiger partial charge in [-0.25, -0.2) is 13.9 Å². The van der Waals surface area contributed by atoms with E-state index in [1.807, 2.05) is 13.0 Å². The van der Waals surface area contributed by atoms with E-state index < -0.39 is 12.2 Å². The SMILES string of the molecule is COc1ccc(/C=N/n2c(C(F)F)n[nH]c2=S)cc1COc1ccc(Cl)cc1C. The van der Waals surface area contributed by atoms with Gasteiger partial charge in [-0.05, 0) is 66.7 Å². The summed E-state index contributed by atoms with van der Waals surface area (Å²) in [4.78, 5) is 0. The number of benzene rings is 2. The first-order valence-corrected chi connectivity index (χ1v) is 9.23. The van der Waals surface area contributed by atoms with E-state index in [9.17, 15) is 8.78 Å². The van der Waals surface area contributed by atoms with Crippen LogP contribution in [0.3, 0.4) is 0 Å². The van der Waals surface area contributed by atoms with Crippen LogP contribution in [-0.4, -0.2) is 28.2 Å². The summed E-state index contributed by atoms with van der Waals surface area (Å²) in [6.07, 6.45) is -1.39. The van der Waals surface area contributed by atoms with Crippen molar-refractivity contribution in [3.05, 3.63) is 68.7 Å². The molecule has 10 heteroatoms. The number of hydrogen-bond donors (Lipinski definition) is 1. The molecule has 0 unspecified atom stereocenters. The Bertz CT molecular complexity index is 1100. The van der Waals surface area contributed by atoms with Crippen molar-refractivity contribution in [1.82, 2.24) is 14.9 Å². The minimum atomic E-state index is -2.80. The molecule has 1 heterocycles. The van der Waals surface area contributed by atoms with Crippen molar-refractivity contribution in [2.24, 2.45) is 5.10 Å². The zero-order chi connectivity index (χ0) is 21.0. The number of nitrogens with one attached hydrogen (secondary N) is 1. The van der Waals surface area contributed by atoms with Crippen molar-refractivity contribution in [3.63, 3.8) is 0 Å². The lowest BCUT2D eigenvalue weighted by atomic mass is 10.1. The van der Waals surface area contributed by atoms with Crippen molar-refractivity contribution in [3.8, 4) is 11.5 Å². The Kier molecular flexibility index (Phi) is 6.60. The first-order valence-electron chi connectivity index (χ1n) is 8.44. The molecule has 1 N–H and O–H groups in total. The van der Waals surface area contributed by atoms with Crippen LogP contribution >= 0.6 is 23.8 Å². The lowest BCUT2D eigenvalue weighted by molar-refractivity contribution is 0.136. The lowest BCUT2D eigenvalue weighted by Gasteiger charge is -2.13. The van der Waals surface area contributed by atoms with Crippen LogP contribution in [0.2, 0.25) is 5.02 Å². The molecule has 6 nitrogen and oxygen atoms in total. The predicted octanol–water partition coefficient (Wildman–Crippen LogP) is 5.31. The van der Waals surface area contributed by atoms with E-state index in [0.29, 0.717) is 22.1 Å². The van der Waals surface area contributed by atoms with E-state index in [-0.39, 0.29) is 11.4 Å². The largest absolute Gasteiger partial charge is 0.496 e. The molecule has 0 aliphatic heterocycles. The molecule has 3 rings (SSSR count). The maximum atomic E-state index is 13.0. The molecule has 2 aromatic carbocycles. The number of aryl methyl sites for hydroxylation is 1. The van der Waals surface area contributed by atoms with Gasteiger partial charge in [0, 0.05) is 10.6 Å². The summed E-state index contributed by atoms with van der Waals surface area (Å²) in [5.74, 6) is 0.769. The highest BCUT2D eigenvalue weighted by Crippen LogP contribution is 2.25. The van der Waals surface area contributed by atoms with Crippen molar-refractivity contribution in [2.45, 2.75) is 20.0 Å². The standard InChI is InChI=1S/C19H17ClF2N4O2S/c1-11-7-14(20)4-6-15(11)28-10-13-8-12(3-5-16(13)27-2)9-23-26-18(17(21)22)24-25-19(26)29/h3-9,17H,10H2,1-2H3,(H,25,29)/b23-9+. The second-order valence-corrected chi connectivity index (χ2v) is 6.84. The van der Waals surface area contributed by atoms with Gasteiger partial charge in [-0.3, -0.25) is 0 Å². The van der Waals surface area contributed by atoms with Gasteiger partial charge in [-0.1, -0.05) is 11.6 Å². The van der Waals surface area contributed by atoms with Crippen molar-refractivity contribution >= 4 is 30.0 Å². The summed E-state index contributed by atoms with van der Waals surface area (Å²) in [7, 11) is 1.56. The number of nitrogens with zero attached hydrogens (tertiary/aromatic N) is 3. The van der Waals surface area contributed by atoms with Crippen LogP contribution in [0.15, 0.2) is 41.5 Å². The first kappa shape index (κ1) is 20.9. The lowest BCUT2D eigenvalue weighted by Crippen LogP contribution is -2.02. The van der Waals surface area contributed by atoms with Crippen LogP contribution in [0, 0.1) is 11.7 Å². The Morgan fingerprint density at radius 2 is 2.03 bits per heavy atom. The van der Waals surface area contributed by atoms with Crippen LogP contribution in [0.5, 0.6) is 11.5 Å². The number of hydrogen-bond acceptors (Lipinski definition) is 5.